The number of hydrogen-bond donors (Lipinski definition) is 2. The molecule has 8 heteroatoms. The van der Waals surface area contributed by atoms with E-state index in [2.05, 4.69) is 20.0 Å². The molecule has 0 fully saturated rings. The monoisotopic (exact) mass is 458 g/mol. The molecule has 0 aliphatic rings. The van der Waals surface area contributed by atoms with Gasteiger partial charge in [0.1, 0.15) is 5.82 Å². The van der Waals surface area contributed by atoms with Crippen molar-refractivity contribution in [2.24, 2.45) is 0 Å². The predicted molar refractivity (Wildman–Crippen MR) is 127 cm³/mol. The molecular formula is C25H22N4O3S. The molecule has 0 aliphatic carbocycles. The Hall–Kier alpha value is -3.88. The van der Waals surface area contributed by atoms with Gasteiger partial charge in [0.05, 0.1) is 10.6 Å². The molecule has 4 rings (SSSR count). The molecule has 0 aliphatic heterocycles. The minimum absolute atomic E-state index is 0.0243. The Kier molecular flexibility index (Phi) is 6.58. The number of aromatic nitrogens is 2. The Morgan fingerprint density at radius 3 is 2.48 bits per heavy atom. The third-order valence-electron chi connectivity index (χ3n) is 4.91. The van der Waals surface area contributed by atoms with Crippen LogP contribution < -0.4 is 10.0 Å². The van der Waals surface area contributed by atoms with E-state index in [0.717, 1.165) is 16.8 Å². The standard InChI is InChI=1S/C25H22N4O3S/c1-18-26-14-13-24(28-18)20-9-5-11-22(15-20)29-25(30)21-10-6-12-23(16-21)33(31,32)27-17-19-7-3-2-4-8-19/h2-16,27H,17H2,1H3,(H,29,30). The summed E-state index contributed by atoms with van der Waals surface area (Å²) in [5, 5.41) is 2.82. The van der Waals surface area contributed by atoms with Crippen LogP contribution in [0.1, 0.15) is 21.7 Å². The fraction of sp³-hybridized carbons (Fsp3) is 0.0800. The number of benzene rings is 3. The number of aryl methyl sites for hydroxylation is 1. The summed E-state index contributed by atoms with van der Waals surface area (Å²) in [6, 6.07) is 24.2. The molecule has 1 amide bonds. The van der Waals surface area contributed by atoms with Crippen LogP contribution in [0.15, 0.2) is 96.0 Å². The molecule has 33 heavy (non-hydrogen) atoms. The summed E-state index contributed by atoms with van der Waals surface area (Å²) in [6.45, 7) is 1.97. The number of hydrogen-bond acceptors (Lipinski definition) is 5. The van der Waals surface area contributed by atoms with Crippen molar-refractivity contribution in [3.63, 3.8) is 0 Å². The molecule has 0 saturated heterocycles. The summed E-state index contributed by atoms with van der Waals surface area (Å²) in [4.78, 5) is 21.3. The summed E-state index contributed by atoms with van der Waals surface area (Å²) in [5.74, 6) is 0.243. The minimum Gasteiger partial charge on any atom is -0.322 e. The first-order valence-electron chi connectivity index (χ1n) is 10.3. The first-order chi connectivity index (χ1) is 15.9. The highest BCUT2D eigenvalue weighted by molar-refractivity contribution is 7.89. The van der Waals surface area contributed by atoms with Crippen molar-refractivity contribution in [1.29, 1.82) is 0 Å². The molecule has 0 spiro atoms. The molecule has 0 atom stereocenters. The Labute approximate surface area is 192 Å². The number of sulfonamides is 1. The molecule has 3 aromatic carbocycles. The second kappa shape index (κ2) is 9.72. The van der Waals surface area contributed by atoms with E-state index in [1.807, 2.05) is 55.5 Å². The van der Waals surface area contributed by atoms with Gasteiger partial charge >= 0.3 is 0 Å². The van der Waals surface area contributed by atoms with Crippen LogP contribution in [0.3, 0.4) is 0 Å². The fourth-order valence-corrected chi connectivity index (χ4v) is 4.30. The van der Waals surface area contributed by atoms with Crippen molar-refractivity contribution in [1.82, 2.24) is 14.7 Å². The smallest absolute Gasteiger partial charge is 0.255 e. The first-order valence-corrected chi connectivity index (χ1v) is 11.7. The largest absolute Gasteiger partial charge is 0.322 e. The fourth-order valence-electron chi connectivity index (χ4n) is 3.24. The average molecular weight is 459 g/mol. The van der Waals surface area contributed by atoms with Gasteiger partial charge in [-0.05, 0) is 48.9 Å². The number of carbonyl (C=O) groups is 1. The van der Waals surface area contributed by atoms with Crippen molar-refractivity contribution < 1.29 is 13.2 Å². The molecule has 2 N–H and O–H groups in total. The zero-order valence-electron chi connectivity index (χ0n) is 17.9. The van der Waals surface area contributed by atoms with Gasteiger partial charge in [0.15, 0.2) is 0 Å². The van der Waals surface area contributed by atoms with Gasteiger partial charge in [0.25, 0.3) is 5.91 Å². The van der Waals surface area contributed by atoms with Gasteiger partial charge in [-0.3, -0.25) is 4.79 Å². The number of nitrogens with one attached hydrogen (secondary N) is 2. The topological polar surface area (TPSA) is 101 Å². The molecular weight excluding hydrogens is 436 g/mol. The van der Waals surface area contributed by atoms with E-state index in [4.69, 9.17) is 0 Å². The molecule has 0 bridgehead atoms. The van der Waals surface area contributed by atoms with Gasteiger partial charge < -0.3 is 5.32 Å². The van der Waals surface area contributed by atoms with Crippen molar-refractivity contribution in [2.45, 2.75) is 18.4 Å². The van der Waals surface area contributed by atoms with Crippen LogP contribution in [-0.2, 0) is 16.6 Å². The second-order valence-corrected chi connectivity index (χ2v) is 9.13. The second-order valence-electron chi connectivity index (χ2n) is 7.36. The minimum atomic E-state index is -3.78. The summed E-state index contributed by atoms with van der Waals surface area (Å²) in [5.41, 5.74) is 3.23. The maximum Gasteiger partial charge on any atom is 0.255 e. The van der Waals surface area contributed by atoms with Crippen molar-refractivity contribution >= 4 is 21.6 Å². The third-order valence-corrected chi connectivity index (χ3v) is 6.31. The van der Waals surface area contributed by atoms with E-state index in [1.165, 1.54) is 12.1 Å². The number of anilines is 1. The number of rotatable bonds is 7. The number of amides is 1. The van der Waals surface area contributed by atoms with Gasteiger partial charge in [-0.25, -0.2) is 23.1 Å². The zero-order valence-corrected chi connectivity index (χ0v) is 18.7. The molecule has 1 aromatic heterocycles. The molecule has 166 valence electrons. The summed E-state index contributed by atoms with van der Waals surface area (Å²) < 4.78 is 28.0. The lowest BCUT2D eigenvalue weighted by Crippen LogP contribution is -2.23. The predicted octanol–water partition coefficient (Wildman–Crippen LogP) is 4.18. The van der Waals surface area contributed by atoms with Gasteiger partial charge in [-0.1, -0.05) is 48.5 Å². The van der Waals surface area contributed by atoms with Crippen LogP contribution in [-0.4, -0.2) is 24.3 Å². The number of carbonyl (C=O) groups excluding carboxylic acids is 1. The molecule has 0 unspecified atom stereocenters. The lowest BCUT2D eigenvalue weighted by atomic mass is 10.1. The Balaban J connectivity index is 1.49. The first kappa shape index (κ1) is 22.3. The van der Waals surface area contributed by atoms with Crippen LogP contribution >= 0.6 is 0 Å². The third kappa shape index (κ3) is 5.68. The normalized spacial score (nSPS) is 11.2. The van der Waals surface area contributed by atoms with Crippen molar-refractivity contribution in [3.8, 4) is 11.3 Å². The van der Waals surface area contributed by atoms with Gasteiger partial charge in [-0.2, -0.15) is 0 Å². The summed E-state index contributed by atoms with van der Waals surface area (Å²) in [6.07, 6.45) is 1.68. The van der Waals surface area contributed by atoms with Crippen LogP contribution in [0.2, 0.25) is 0 Å². The van der Waals surface area contributed by atoms with Gasteiger partial charge in [0, 0.05) is 29.6 Å². The van der Waals surface area contributed by atoms with E-state index in [9.17, 15) is 13.2 Å². The Morgan fingerprint density at radius 2 is 1.70 bits per heavy atom. The molecule has 1 heterocycles. The summed E-state index contributed by atoms with van der Waals surface area (Å²) in [7, 11) is -3.78. The van der Waals surface area contributed by atoms with Gasteiger partial charge in [-0.15, -0.1) is 0 Å². The maximum absolute atomic E-state index is 12.8. The highest BCUT2D eigenvalue weighted by Crippen LogP contribution is 2.21. The van der Waals surface area contributed by atoms with Crippen molar-refractivity contribution in [2.75, 3.05) is 5.32 Å². The Bertz CT molecular complexity index is 1390. The Morgan fingerprint density at radius 1 is 0.909 bits per heavy atom. The van der Waals surface area contributed by atoms with Gasteiger partial charge in [0.2, 0.25) is 10.0 Å². The molecule has 0 radical (unpaired) electrons. The average Bonchev–Trinajstić information content (AvgIpc) is 2.84. The van der Waals surface area contributed by atoms with Crippen LogP contribution in [0.5, 0.6) is 0 Å². The van der Waals surface area contributed by atoms with E-state index in [0.29, 0.717) is 11.5 Å². The molecule has 0 saturated carbocycles. The van der Waals surface area contributed by atoms with Crippen LogP contribution in [0, 0.1) is 6.92 Å². The molecule has 4 aromatic rings. The summed E-state index contributed by atoms with van der Waals surface area (Å²) >= 11 is 0. The maximum atomic E-state index is 12.8. The molecule has 7 nitrogen and oxygen atoms in total. The van der Waals surface area contributed by atoms with Crippen molar-refractivity contribution in [3.05, 3.63) is 108 Å². The van der Waals surface area contributed by atoms with E-state index in [1.54, 1.807) is 30.5 Å². The van der Waals surface area contributed by atoms with E-state index >= 15 is 0 Å². The lowest BCUT2D eigenvalue weighted by molar-refractivity contribution is 0.102. The quantitative estimate of drug-likeness (QED) is 0.433. The SMILES string of the molecule is Cc1nccc(-c2cccc(NC(=O)c3cccc(S(=O)(=O)NCc4ccccc4)c3)c2)n1. The van der Waals surface area contributed by atoms with E-state index < -0.39 is 15.9 Å². The number of nitrogens with zero attached hydrogens (tertiary/aromatic N) is 2. The zero-order chi connectivity index (χ0) is 23.3. The van der Waals surface area contributed by atoms with Crippen LogP contribution in [0.4, 0.5) is 5.69 Å². The highest BCUT2D eigenvalue weighted by atomic mass is 32.2. The lowest BCUT2D eigenvalue weighted by Gasteiger charge is -2.10. The van der Waals surface area contributed by atoms with Crippen LogP contribution in [0.25, 0.3) is 11.3 Å². The van der Waals surface area contributed by atoms with E-state index in [-0.39, 0.29) is 17.0 Å². The highest BCUT2D eigenvalue weighted by Gasteiger charge is 2.16.